The van der Waals surface area contributed by atoms with Gasteiger partial charge in [-0.25, -0.2) is 0 Å². The molecule has 2 rings (SSSR count). The normalized spacial score (nSPS) is 26.2. The van der Waals surface area contributed by atoms with Crippen molar-refractivity contribution in [2.45, 2.75) is 46.0 Å². The number of hydrogen-bond donors (Lipinski definition) is 0. The number of nitrogens with zero attached hydrogens (tertiary/aromatic N) is 1. The van der Waals surface area contributed by atoms with Crippen LogP contribution in [-0.2, 0) is 6.42 Å². The van der Waals surface area contributed by atoms with Gasteiger partial charge in [-0.05, 0) is 61.6 Å². The van der Waals surface area contributed by atoms with Crippen LogP contribution in [0.3, 0.4) is 0 Å². The minimum atomic E-state index is -0.169. The lowest BCUT2D eigenvalue weighted by Gasteiger charge is -2.36. The lowest BCUT2D eigenvalue weighted by atomic mass is 9.66. The van der Waals surface area contributed by atoms with Crippen molar-refractivity contribution in [3.05, 3.63) is 29.8 Å². The average Bonchev–Trinajstić information content (AvgIpc) is 2.48. The van der Waals surface area contributed by atoms with Crippen molar-refractivity contribution in [1.29, 1.82) is 5.26 Å². The molecule has 0 N–H and O–H groups in total. The molecule has 108 valence electrons. The van der Waals surface area contributed by atoms with E-state index in [0.717, 1.165) is 36.8 Å². The standard InChI is InChI=1S/C18H25NO/c1-14(2)16-7-9-18(13-19,10-8-16)12-15-5-4-6-17(11-15)20-3/h4-6,11,14,16H,7-10,12H2,1-3H3. The highest BCUT2D eigenvalue weighted by atomic mass is 16.5. The third-order valence-electron chi connectivity index (χ3n) is 4.84. The third kappa shape index (κ3) is 3.33. The molecule has 2 heteroatoms. The molecular formula is C18H25NO. The van der Waals surface area contributed by atoms with Crippen molar-refractivity contribution >= 4 is 0 Å². The predicted octanol–water partition coefficient (Wildman–Crippen LogP) is 4.59. The average molecular weight is 271 g/mol. The lowest BCUT2D eigenvalue weighted by Crippen LogP contribution is -2.30. The molecule has 1 aliphatic rings. The van der Waals surface area contributed by atoms with E-state index in [2.05, 4.69) is 32.0 Å². The molecule has 0 saturated heterocycles. The molecule has 0 atom stereocenters. The fourth-order valence-corrected chi connectivity index (χ4v) is 3.36. The maximum Gasteiger partial charge on any atom is 0.119 e. The molecule has 1 fully saturated rings. The molecule has 0 spiro atoms. The Labute approximate surface area is 122 Å². The topological polar surface area (TPSA) is 33.0 Å². The van der Waals surface area contributed by atoms with E-state index in [-0.39, 0.29) is 5.41 Å². The minimum Gasteiger partial charge on any atom is -0.497 e. The summed E-state index contributed by atoms with van der Waals surface area (Å²) >= 11 is 0. The molecule has 1 aromatic carbocycles. The second kappa shape index (κ2) is 6.31. The van der Waals surface area contributed by atoms with Gasteiger partial charge in [0, 0.05) is 0 Å². The number of nitriles is 1. The maximum absolute atomic E-state index is 9.67. The van der Waals surface area contributed by atoms with Crippen molar-refractivity contribution in [1.82, 2.24) is 0 Å². The largest absolute Gasteiger partial charge is 0.497 e. The summed E-state index contributed by atoms with van der Waals surface area (Å²) in [6, 6.07) is 10.8. The van der Waals surface area contributed by atoms with Crippen LogP contribution < -0.4 is 4.74 Å². The zero-order valence-corrected chi connectivity index (χ0v) is 12.9. The predicted molar refractivity (Wildman–Crippen MR) is 81.5 cm³/mol. The van der Waals surface area contributed by atoms with Crippen LogP contribution in [0.5, 0.6) is 5.75 Å². The first-order chi connectivity index (χ1) is 9.58. The van der Waals surface area contributed by atoms with Gasteiger partial charge in [-0.2, -0.15) is 5.26 Å². The Hall–Kier alpha value is -1.49. The Morgan fingerprint density at radius 1 is 1.35 bits per heavy atom. The van der Waals surface area contributed by atoms with E-state index in [1.54, 1.807) is 7.11 Å². The summed E-state index contributed by atoms with van der Waals surface area (Å²) in [6.07, 6.45) is 5.29. The van der Waals surface area contributed by atoms with Gasteiger partial charge in [-0.1, -0.05) is 26.0 Å². The first-order valence-electron chi connectivity index (χ1n) is 7.63. The van der Waals surface area contributed by atoms with Crippen LogP contribution in [0, 0.1) is 28.6 Å². The van der Waals surface area contributed by atoms with E-state index in [0.29, 0.717) is 0 Å². The quantitative estimate of drug-likeness (QED) is 0.802. The Morgan fingerprint density at radius 3 is 2.60 bits per heavy atom. The van der Waals surface area contributed by atoms with Gasteiger partial charge in [0.2, 0.25) is 0 Å². The van der Waals surface area contributed by atoms with Gasteiger partial charge >= 0.3 is 0 Å². The van der Waals surface area contributed by atoms with Crippen molar-refractivity contribution < 1.29 is 4.74 Å². The Bertz CT molecular complexity index is 478. The highest BCUT2D eigenvalue weighted by molar-refractivity contribution is 5.30. The van der Waals surface area contributed by atoms with Crippen LogP contribution in [-0.4, -0.2) is 7.11 Å². The Balaban J connectivity index is 2.08. The van der Waals surface area contributed by atoms with E-state index in [1.807, 2.05) is 12.1 Å². The summed E-state index contributed by atoms with van der Waals surface area (Å²) in [5.41, 5.74) is 1.05. The molecule has 1 aromatic rings. The van der Waals surface area contributed by atoms with Crippen LogP contribution in [0.2, 0.25) is 0 Å². The molecule has 0 heterocycles. The molecule has 0 radical (unpaired) electrons. The molecule has 0 aromatic heterocycles. The smallest absolute Gasteiger partial charge is 0.119 e. The summed E-state index contributed by atoms with van der Waals surface area (Å²) in [5.74, 6) is 2.41. The zero-order valence-electron chi connectivity index (χ0n) is 12.9. The van der Waals surface area contributed by atoms with Crippen molar-refractivity contribution in [3.8, 4) is 11.8 Å². The van der Waals surface area contributed by atoms with Crippen molar-refractivity contribution in [2.24, 2.45) is 17.3 Å². The van der Waals surface area contributed by atoms with Crippen LogP contribution in [0.25, 0.3) is 0 Å². The number of benzene rings is 1. The molecule has 2 nitrogen and oxygen atoms in total. The van der Waals surface area contributed by atoms with Crippen molar-refractivity contribution in [3.63, 3.8) is 0 Å². The van der Waals surface area contributed by atoms with Crippen LogP contribution >= 0.6 is 0 Å². The highest BCUT2D eigenvalue weighted by Crippen LogP contribution is 2.43. The summed E-state index contributed by atoms with van der Waals surface area (Å²) in [6.45, 7) is 4.60. The molecule has 0 aliphatic heterocycles. The first kappa shape index (κ1) is 14.9. The molecule has 1 saturated carbocycles. The fraction of sp³-hybridized carbons (Fsp3) is 0.611. The second-order valence-corrected chi connectivity index (χ2v) is 6.50. The van der Waals surface area contributed by atoms with Crippen LogP contribution in [0.4, 0.5) is 0 Å². The maximum atomic E-state index is 9.67. The number of rotatable bonds is 4. The van der Waals surface area contributed by atoms with E-state index in [4.69, 9.17) is 4.74 Å². The van der Waals surface area contributed by atoms with Crippen molar-refractivity contribution in [2.75, 3.05) is 7.11 Å². The van der Waals surface area contributed by atoms with Gasteiger partial charge in [0.05, 0.1) is 18.6 Å². The van der Waals surface area contributed by atoms with E-state index in [9.17, 15) is 5.26 Å². The summed E-state index contributed by atoms with van der Waals surface area (Å²) in [4.78, 5) is 0. The SMILES string of the molecule is COc1cccc(CC2(C#N)CCC(C(C)C)CC2)c1. The third-order valence-corrected chi connectivity index (χ3v) is 4.84. The molecule has 0 amide bonds. The van der Waals surface area contributed by atoms with Gasteiger partial charge < -0.3 is 4.74 Å². The number of methoxy groups -OCH3 is 1. The van der Waals surface area contributed by atoms with Gasteiger partial charge in [-0.15, -0.1) is 0 Å². The monoisotopic (exact) mass is 271 g/mol. The first-order valence-corrected chi connectivity index (χ1v) is 7.63. The summed E-state index contributed by atoms with van der Waals surface area (Å²) < 4.78 is 5.28. The van der Waals surface area contributed by atoms with Gasteiger partial charge in [-0.3, -0.25) is 0 Å². The van der Waals surface area contributed by atoms with Gasteiger partial charge in [0.25, 0.3) is 0 Å². The second-order valence-electron chi connectivity index (χ2n) is 6.50. The van der Waals surface area contributed by atoms with E-state index >= 15 is 0 Å². The molecule has 1 aliphatic carbocycles. The molecular weight excluding hydrogens is 246 g/mol. The van der Waals surface area contributed by atoms with Crippen LogP contribution in [0.1, 0.15) is 45.1 Å². The van der Waals surface area contributed by atoms with Gasteiger partial charge in [0.15, 0.2) is 0 Å². The summed E-state index contributed by atoms with van der Waals surface area (Å²) in [5, 5.41) is 9.67. The van der Waals surface area contributed by atoms with Gasteiger partial charge in [0.1, 0.15) is 5.75 Å². The minimum absolute atomic E-state index is 0.169. The highest BCUT2D eigenvalue weighted by Gasteiger charge is 2.36. The molecule has 0 unspecified atom stereocenters. The summed E-state index contributed by atoms with van der Waals surface area (Å²) in [7, 11) is 1.69. The number of hydrogen-bond acceptors (Lipinski definition) is 2. The lowest BCUT2D eigenvalue weighted by molar-refractivity contribution is 0.175. The zero-order chi connectivity index (χ0) is 14.6. The fourth-order valence-electron chi connectivity index (χ4n) is 3.36. The van der Waals surface area contributed by atoms with Crippen LogP contribution in [0.15, 0.2) is 24.3 Å². The Morgan fingerprint density at radius 2 is 2.05 bits per heavy atom. The van der Waals surface area contributed by atoms with E-state index < -0.39 is 0 Å². The number of ether oxygens (including phenoxy) is 1. The molecule has 20 heavy (non-hydrogen) atoms. The Kier molecular flexibility index (Phi) is 4.70. The van der Waals surface area contributed by atoms with E-state index in [1.165, 1.54) is 18.4 Å². The molecule has 0 bridgehead atoms.